The molecule has 13 heteroatoms. The van der Waals surface area contributed by atoms with Crippen LogP contribution in [0.15, 0.2) is 24.4 Å². The quantitative estimate of drug-likeness (QED) is 0.238. The van der Waals surface area contributed by atoms with Crippen molar-refractivity contribution in [3.05, 3.63) is 57.3 Å². The first-order valence-electron chi connectivity index (χ1n) is 9.70. The zero-order chi connectivity index (χ0) is 25.6. The molecule has 2 aromatic rings. The number of carbonyl (C=O) groups is 1. The van der Waals surface area contributed by atoms with E-state index in [2.05, 4.69) is 10.3 Å². The zero-order valence-electron chi connectivity index (χ0n) is 17.9. The van der Waals surface area contributed by atoms with E-state index in [1.807, 2.05) is 0 Å². The average molecular weight is 526 g/mol. The molecule has 0 spiro atoms. The van der Waals surface area contributed by atoms with Crippen LogP contribution in [-0.2, 0) is 4.74 Å². The first-order chi connectivity index (χ1) is 15.7. The first kappa shape index (κ1) is 26.1. The van der Waals surface area contributed by atoms with Crippen LogP contribution in [0.2, 0.25) is 10.2 Å². The maximum atomic E-state index is 14.4. The molecular formula is C21H18Cl2F5N3O3. The molecule has 0 saturated carbocycles. The molecule has 34 heavy (non-hydrogen) atoms. The van der Waals surface area contributed by atoms with Crippen LogP contribution < -0.4 is 10.1 Å². The summed E-state index contributed by atoms with van der Waals surface area (Å²) in [4.78, 5) is 16.4. The van der Waals surface area contributed by atoms with Gasteiger partial charge in [-0.1, -0.05) is 36.2 Å². The number of nitrogens with one attached hydrogen (secondary N) is 2. The lowest BCUT2D eigenvalue weighted by molar-refractivity contribution is -0.270. The number of nitrogens with zero attached hydrogens (tertiary/aromatic N) is 1. The molecule has 1 fully saturated rings. The van der Waals surface area contributed by atoms with Crippen LogP contribution in [0.5, 0.6) is 5.75 Å². The second-order valence-electron chi connectivity index (χ2n) is 7.77. The van der Waals surface area contributed by atoms with E-state index in [-0.39, 0.29) is 21.3 Å². The van der Waals surface area contributed by atoms with Crippen molar-refractivity contribution in [1.82, 2.24) is 10.3 Å². The summed E-state index contributed by atoms with van der Waals surface area (Å²) in [6.07, 6.45) is -5.39. The van der Waals surface area contributed by atoms with Gasteiger partial charge in [0, 0.05) is 23.6 Å². The minimum atomic E-state index is -4.90. The predicted octanol–water partition coefficient (Wildman–Crippen LogP) is 5.52. The van der Waals surface area contributed by atoms with Gasteiger partial charge in [0.25, 0.3) is 5.91 Å². The summed E-state index contributed by atoms with van der Waals surface area (Å²) in [5.74, 6) is -7.86. The lowest BCUT2D eigenvalue weighted by atomic mass is 9.76. The van der Waals surface area contributed by atoms with E-state index in [1.54, 1.807) is 0 Å². The second-order valence-corrected chi connectivity index (χ2v) is 8.53. The fraction of sp³-hybridized carbons (Fsp3) is 0.381. The number of amides is 1. The summed E-state index contributed by atoms with van der Waals surface area (Å²) in [6.45, 7) is 1.98. The van der Waals surface area contributed by atoms with Crippen LogP contribution in [0.4, 0.5) is 22.0 Å². The van der Waals surface area contributed by atoms with Crippen LogP contribution in [0.25, 0.3) is 0 Å². The zero-order valence-corrected chi connectivity index (χ0v) is 19.4. The normalized spacial score (nSPS) is 24.7. The van der Waals surface area contributed by atoms with Crippen molar-refractivity contribution in [2.45, 2.75) is 37.6 Å². The molecule has 1 aliphatic rings. The molecule has 1 saturated heterocycles. The molecular weight excluding hydrogens is 508 g/mol. The molecule has 0 radical (unpaired) electrons. The monoisotopic (exact) mass is 525 g/mol. The second kappa shape index (κ2) is 9.27. The van der Waals surface area contributed by atoms with E-state index < -0.39 is 58.8 Å². The summed E-state index contributed by atoms with van der Waals surface area (Å²) in [5.41, 5.74) is -3.26. The Morgan fingerprint density at radius 1 is 1.26 bits per heavy atom. The Hall–Kier alpha value is -2.50. The van der Waals surface area contributed by atoms with Gasteiger partial charge in [-0.25, -0.2) is 9.37 Å². The van der Waals surface area contributed by atoms with Crippen molar-refractivity contribution in [1.29, 1.82) is 5.41 Å². The van der Waals surface area contributed by atoms with Crippen LogP contribution in [0, 0.1) is 23.0 Å². The first-order valence-corrected chi connectivity index (χ1v) is 10.5. The Morgan fingerprint density at radius 3 is 2.47 bits per heavy atom. The molecule has 1 amide bonds. The van der Waals surface area contributed by atoms with Gasteiger partial charge >= 0.3 is 6.18 Å². The Balaban J connectivity index is 2.07. The minimum absolute atomic E-state index is 0.107. The summed E-state index contributed by atoms with van der Waals surface area (Å²) < 4.78 is 80.4. The number of amidine groups is 1. The number of methoxy groups -OCH3 is 1. The van der Waals surface area contributed by atoms with Gasteiger partial charge in [0.1, 0.15) is 17.1 Å². The van der Waals surface area contributed by atoms with Gasteiger partial charge in [-0.05, 0) is 19.1 Å². The minimum Gasteiger partial charge on any atom is -0.493 e. The third-order valence-electron chi connectivity index (χ3n) is 5.93. The lowest BCUT2D eigenvalue weighted by Gasteiger charge is -2.32. The highest BCUT2D eigenvalue weighted by molar-refractivity contribution is 6.39. The molecule has 3 rings (SSSR count). The molecule has 1 aromatic heterocycles. The third-order valence-corrected chi connectivity index (χ3v) is 6.53. The Bertz CT molecular complexity index is 1130. The van der Waals surface area contributed by atoms with Crippen molar-refractivity contribution in [2.24, 2.45) is 5.92 Å². The van der Waals surface area contributed by atoms with Crippen molar-refractivity contribution in [3.8, 4) is 5.75 Å². The number of hydrogen-bond acceptors (Lipinski definition) is 5. The number of halogens is 7. The molecule has 0 aliphatic carbocycles. The molecule has 2 heterocycles. The molecule has 0 unspecified atom stereocenters. The third kappa shape index (κ3) is 4.32. The highest BCUT2D eigenvalue weighted by Gasteiger charge is 2.65. The molecule has 184 valence electrons. The number of ether oxygens (including phenoxy) is 2. The van der Waals surface area contributed by atoms with Gasteiger partial charge in [0.05, 0.1) is 17.7 Å². The van der Waals surface area contributed by atoms with E-state index >= 15 is 0 Å². The van der Waals surface area contributed by atoms with E-state index in [0.29, 0.717) is 0 Å². The number of alkyl halides is 3. The summed E-state index contributed by atoms with van der Waals surface area (Å²) in [6, 6.07) is 3.05. The Kier molecular flexibility index (Phi) is 7.12. The fourth-order valence-electron chi connectivity index (χ4n) is 3.93. The highest BCUT2D eigenvalue weighted by Crippen LogP contribution is 2.54. The standard InChI is InChI=1S/C21H18Cl2F5N3O3/c1-8-12(9-4-5-11(24)14(25)15(9)33-3)16(34-20(8,2)21(26,27)28)18(29)31-19(32)13-10(22)6-7-30-17(13)23/h4-8,12,16H,1-3H3,(H2,29,31,32)/t8-,12-,16+,20+/m0/s1. The van der Waals surface area contributed by atoms with Crippen molar-refractivity contribution in [2.75, 3.05) is 7.11 Å². The van der Waals surface area contributed by atoms with Gasteiger partial charge in [-0.2, -0.15) is 17.6 Å². The molecule has 1 aromatic carbocycles. The van der Waals surface area contributed by atoms with Crippen LogP contribution in [-0.4, -0.2) is 41.7 Å². The summed E-state index contributed by atoms with van der Waals surface area (Å²) in [7, 11) is 1.03. The Morgan fingerprint density at radius 2 is 1.91 bits per heavy atom. The van der Waals surface area contributed by atoms with Gasteiger partial charge in [-0.15, -0.1) is 0 Å². The average Bonchev–Trinajstić information content (AvgIpc) is 3.02. The van der Waals surface area contributed by atoms with Gasteiger partial charge in [-0.3, -0.25) is 10.2 Å². The topological polar surface area (TPSA) is 84.3 Å². The number of benzene rings is 1. The maximum Gasteiger partial charge on any atom is 0.417 e. The van der Waals surface area contributed by atoms with Crippen molar-refractivity contribution in [3.63, 3.8) is 0 Å². The number of rotatable bonds is 4. The van der Waals surface area contributed by atoms with Crippen molar-refractivity contribution >= 4 is 34.9 Å². The number of hydrogen-bond donors (Lipinski definition) is 2. The van der Waals surface area contributed by atoms with Gasteiger partial charge in [0.2, 0.25) is 5.82 Å². The lowest BCUT2D eigenvalue weighted by Crippen LogP contribution is -2.47. The van der Waals surface area contributed by atoms with Gasteiger partial charge < -0.3 is 14.8 Å². The summed E-state index contributed by atoms with van der Waals surface area (Å²) >= 11 is 11.9. The smallest absolute Gasteiger partial charge is 0.417 e. The van der Waals surface area contributed by atoms with E-state index in [0.717, 1.165) is 26.2 Å². The van der Waals surface area contributed by atoms with E-state index in [1.165, 1.54) is 19.2 Å². The van der Waals surface area contributed by atoms with Crippen LogP contribution in [0.1, 0.15) is 35.7 Å². The predicted molar refractivity (Wildman–Crippen MR) is 114 cm³/mol. The van der Waals surface area contributed by atoms with E-state index in [4.69, 9.17) is 38.1 Å². The summed E-state index contributed by atoms with van der Waals surface area (Å²) in [5, 5.41) is 10.1. The van der Waals surface area contributed by atoms with E-state index in [9.17, 15) is 26.7 Å². The fourth-order valence-corrected chi connectivity index (χ4v) is 4.46. The molecule has 0 bridgehead atoms. The number of carbonyl (C=O) groups excluding carboxylic acids is 1. The van der Waals surface area contributed by atoms with Crippen LogP contribution >= 0.6 is 23.2 Å². The van der Waals surface area contributed by atoms with Crippen molar-refractivity contribution < 1.29 is 36.2 Å². The molecule has 2 N–H and O–H groups in total. The van der Waals surface area contributed by atoms with Gasteiger partial charge in [0.15, 0.2) is 17.2 Å². The maximum absolute atomic E-state index is 14.4. The molecule has 6 nitrogen and oxygen atoms in total. The number of pyridine rings is 1. The number of aromatic nitrogens is 1. The largest absolute Gasteiger partial charge is 0.493 e. The molecule has 1 aliphatic heterocycles. The highest BCUT2D eigenvalue weighted by atomic mass is 35.5. The SMILES string of the molecule is COc1c([C@H]2[C@H](C(=N)NC(=O)c3c(Cl)ccnc3Cl)O[C@@](C)(C(F)(F)F)[C@H]2C)ccc(F)c1F. The molecule has 4 atom stereocenters. The Labute approximate surface area is 200 Å². The van der Waals surface area contributed by atoms with Crippen LogP contribution in [0.3, 0.4) is 0 Å².